The van der Waals surface area contributed by atoms with E-state index in [0.29, 0.717) is 29.1 Å². The van der Waals surface area contributed by atoms with E-state index in [-0.39, 0.29) is 11.5 Å². The summed E-state index contributed by atoms with van der Waals surface area (Å²) in [6, 6.07) is 10.4. The van der Waals surface area contributed by atoms with Gasteiger partial charge in [0.05, 0.1) is 14.2 Å². The third kappa shape index (κ3) is 2.44. The van der Waals surface area contributed by atoms with E-state index in [2.05, 4.69) is 0 Å². The van der Waals surface area contributed by atoms with Crippen LogP contribution >= 0.6 is 0 Å². The molecule has 3 rings (SSSR count). The maximum atomic E-state index is 12.4. The summed E-state index contributed by atoms with van der Waals surface area (Å²) in [4.78, 5) is 12.4. The van der Waals surface area contributed by atoms with Gasteiger partial charge in [-0.1, -0.05) is 6.07 Å². The lowest BCUT2D eigenvalue weighted by Gasteiger charge is -2.08. The summed E-state index contributed by atoms with van der Waals surface area (Å²) in [7, 11) is 3.18. The Hall–Kier alpha value is -2.75. The molecule has 0 heterocycles. The van der Waals surface area contributed by atoms with Crippen LogP contribution in [0.15, 0.2) is 42.0 Å². The molecule has 0 amide bonds. The molecule has 0 aliphatic heterocycles. The van der Waals surface area contributed by atoms with Crippen LogP contribution < -0.4 is 9.47 Å². The molecule has 1 aliphatic carbocycles. The summed E-state index contributed by atoms with van der Waals surface area (Å²) >= 11 is 0. The Bertz CT molecular complexity index is 775. The Balaban J connectivity index is 1.99. The molecule has 1 N–H and O–H groups in total. The normalized spacial score (nSPS) is 15.0. The van der Waals surface area contributed by atoms with Crippen molar-refractivity contribution in [1.29, 1.82) is 0 Å². The molecular formula is C18H16O4. The monoisotopic (exact) mass is 296 g/mol. The first-order valence-electron chi connectivity index (χ1n) is 6.91. The van der Waals surface area contributed by atoms with Crippen LogP contribution in [0.4, 0.5) is 0 Å². The predicted molar refractivity (Wildman–Crippen MR) is 83.7 cm³/mol. The predicted octanol–water partition coefficient (Wildman–Crippen LogP) is 3.23. The highest BCUT2D eigenvalue weighted by Gasteiger charge is 2.25. The molecule has 2 aromatic rings. The smallest absolute Gasteiger partial charge is 0.189 e. The number of rotatable bonds is 3. The molecule has 0 unspecified atom stereocenters. The zero-order chi connectivity index (χ0) is 15.7. The number of phenols is 1. The van der Waals surface area contributed by atoms with Crippen molar-refractivity contribution in [3.05, 3.63) is 58.7 Å². The standard InChI is InChI=1S/C18H16O4/c1-21-15-6-4-12(17(10-15)22-2)8-13-7-11-3-5-14(19)9-16(11)18(13)20/h3-6,8-10,19H,7H2,1-2H3. The van der Waals surface area contributed by atoms with Crippen molar-refractivity contribution in [3.8, 4) is 17.2 Å². The Morgan fingerprint density at radius 1 is 1.09 bits per heavy atom. The summed E-state index contributed by atoms with van der Waals surface area (Å²) in [6.07, 6.45) is 2.39. The van der Waals surface area contributed by atoms with Crippen LogP contribution in [0.5, 0.6) is 17.2 Å². The van der Waals surface area contributed by atoms with Crippen molar-refractivity contribution < 1.29 is 19.4 Å². The fraction of sp³-hybridized carbons (Fsp3) is 0.167. The van der Waals surface area contributed by atoms with Gasteiger partial charge in [0.25, 0.3) is 0 Å². The van der Waals surface area contributed by atoms with Gasteiger partial charge in [0.2, 0.25) is 0 Å². The third-order valence-electron chi connectivity index (χ3n) is 3.78. The molecule has 0 aromatic heterocycles. The number of carbonyl (C=O) groups excluding carboxylic acids is 1. The minimum Gasteiger partial charge on any atom is -0.508 e. The molecule has 0 fully saturated rings. The number of ether oxygens (including phenoxy) is 2. The molecule has 112 valence electrons. The number of fused-ring (bicyclic) bond motifs is 1. The Kier molecular flexibility index (Phi) is 3.59. The van der Waals surface area contributed by atoms with Crippen molar-refractivity contribution in [3.63, 3.8) is 0 Å². The Labute approximate surface area is 128 Å². The van der Waals surface area contributed by atoms with Crippen LogP contribution in [0.2, 0.25) is 0 Å². The van der Waals surface area contributed by atoms with Gasteiger partial charge in [0.1, 0.15) is 17.2 Å². The fourth-order valence-corrected chi connectivity index (χ4v) is 2.63. The summed E-state index contributed by atoms with van der Waals surface area (Å²) < 4.78 is 10.5. The van der Waals surface area contributed by atoms with Gasteiger partial charge in [-0.3, -0.25) is 4.79 Å². The molecule has 0 atom stereocenters. The van der Waals surface area contributed by atoms with Crippen LogP contribution in [-0.4, -0.2) is 25.1 Å². The van der Waals surface area contributed by atoms with E-state index >= 15 is 0 Å². The molecule has 0 radical (unpaired) electrons. The Morgan fingerprint density at radius 3 is 2.64 bits per heavy atom. The zero-order valence-electron chi connectivity index (χ0n) is 12.4. The molecule has 2 aromatic carbocycles. The number of ketones is 1. The number of Topliss-reactive ketones (excluding diaryl/α,β-unsaturated/α-hetero) is 1. The quantitative estimate of drug-likeness (QED) is 0.884. The maximum absolute atomic E-state index is 12.4. The number of methoxy groups -OCH3 is 2. The van der Waals surface area contributed by atoms with E-state index in [9.17, 15) is 9.90 Å². The van der Waals surface area contributed by atoms with Gasteiger partial charge >= 0.3 is 0 Å². The first-order valence-corrected chi connectivity index (χ1v) is 6.91. The largest absolute Gasteiger partial charge is 0.508 e. The first kappa shape index (κ1) is 14.2. The molecule has 4 nitrogen and oxygen atoms in total. The van der Waals surface area contributed by atoms with Gasteiger partial charge in [-0.05, 0) is 35.9 Å². The second-order valence-electron chi connectivity index (χ2n) is 5.12. The minimum atomic E-state index is -0.0521. The van der Waals surface area contributed by atoms with Crippen molar-refractivity contribution >= 4 is 11.9 Å². The van der Waals surface area contributed by atoms with E-state index in [1.807, 2.05) is 18.2 Å². The lowest BCUT2D eigenvalue weighted by molar-refractivity contribution is 0.104. The minimum absolute atomic E-state index is 0.0521. The fourth-order valence-electron chi connectivity index (χ4n) is 2.63. The summed E-state index contributed by atoms with van der Waals surface area (Å²) in [5.41, 5.74) is 3.01. The molecule has 22 heavy (non-hydrogen) atoms. The zero-order valence-corrected chi connectivity index (χ0v) is 12.4. The highest BCUT2D eigenvalue weighted by atomic mass is 16.5. The number of hydrogen-bond donors (Lipinski definition) is 1. The van der Waals surface area contributed by atoms with Crippen LogP contribution in [0.1, 0.15) is 21.5 Å². The second kappa shape index (κ2) is 5.56. The van der Waals surface area contributed by atoms with Gasteiger partial charge in [-0.25, -0.2) is 0 Å². The van der Waals surface area contributed by atoms with Crippen molar-refractivity contribution in [1.82, 2.24) is 0 Å². The lowest BCUT2D eigenvalue weighted by Crippen LogP contribution is -1.96. The molecule has 4 heteroatoms. The van der Waals surface area contributed by atoms with E-state index in [1.165, 1.54) is 6.07 Å². The van der Waals surface area contributed by atoms with E-state index in [1.54, 1.807) is 32.4 Å². The molecule has 0 bridgehead atoms. The average Bonchev–Trinajstić information content (AvgIpc) is 2.84. The van der Waals surface area contributed by atoms with Crippen molar-refractivity contribution in [2.75, 3.05) is 14.2 Å². The van der Waals surface area contributed by atoms with Crippen LogP contribution in [-0.2, 0) is 6.42 Å². The van der Waals surface area contributed by atoms with Gasteiger partial charge in [0.15, 0.2) is 5.78 Å². The number of benzene rings is 2. The molecular weight excluding hydrogens is 280 g/mol. The van der Waals surface area contributed by atoms with Crippen LogP contribution in [0.3, 0.4) is 0 Å². The third-order valence-corrected chi connectivity index (χ3v) is 3.78. The highest BCUT2D eigenvalue weighted by Crippen LogP contribution is 2.33. The van der Waals surface area contributed by atoms with Gasteiger partial charge in [-0.15, -0.1) is 0 Å². The number of allylic oxidation sites excluding steroid dienone is 1. The van der Waals surface area contributed by atoms with Crippen LogP contribution in [0, 0.1) is 0 Å². The Morgan fingerprint density at radius 2 is 1.91 bits per heavy atom. The number of carbonyl (C=O) groups is 1. The molecule has 0 saturated heterocycles. The van der Waals surface area contributed by atoms with E-state index in [4.69, 9.17) is 9.47 Å². The second-order valence-corrected chi connectivity index (χ2v) is 5.12. The number of aromatic hydroxyl groups is 1. The average molecular weight is 296 g/mol. The van der Waals surface area contributed by atoms with Crippen molar-refractivity contribution in [2.45, 2.75) is 6.42 Å². The van der Waals surface area contributed by atoms with Gasteiger partial charge in [0, 0.05) is 29.2 Å². The topological polar surface area (TPSA) is 55.8 Å². The van der Waals surface area contributed by atoms with Gasteiger partial charge in [-0.2, -0.15) is 0 Å². The molecule has 0 spiro atoms. The maximum Gasteiger partial charge on any atom is 0.189 e. The number of phenolic OH excluding ortho intramolecular Hbond substituents is 1. The number of hydrogen-bond acceptors (Lipinski definition) is 4. The summed E-state index contributed by atoms with van der Waals surface area (Å²) in [5, 5.41) is 9.52. The first-order chi connectivity index (χ1) is 10.6. The molecule has 1 aliphatic rings. The van der Waals surface area contributed by atoms with E-state index < -0.39 is 0 Å². The van der Waals surface area contributed by atoms with E-state index in [0.717, 1.165) is 11.1 Å². The highest BCUT2D eigenvalue weighted by molar-refractivity contribution is 6.15. The molecule has 0 saturated carbocycles. The van der Waals surface area contributed by atoms with Crippen molar-refractivity contribution in [2.24, 2.45) is 0 Å². The summed E-state index contributed by atoms with van der Waals surface area (Å²) in [5.74, 6) is 1.41. The van der Waals surface area contributed by atoms with Crippen LogP contribution in [0.25, 0.3) is 6.08 Å². The lowest BCUT2D eigenvalue weighted by atomic mass is 10.1. The SMILES string of the molecule is COc1ccc(C=C2Cc3ccc(O)cc3C2=O)c(OC)c1. The van der Waals surface area contributed by atoms with Gasteiger partial charge < -0.3 is 14.6 Å². The summed E-state index contributed by atoms with van der Waals surface area (Å²) in [6.45, 7) is 0.